The molecule has 1 aliphatic rings. The summed E-state index contributed by atoms with van der Waals surface area (Å²) in [5, 5.41) is 0. The molecular weight excluding hydrogens is 302 g/mol. The highest BCUT2D eigenvalue weighted by Crippen LogP contribution is 2.23. The molecule has 2 rings (SSSR count). The van der Waals surface area contributed by atoms with E-state index in [9.17, 15) is 9.59 Å². The number of carbonyl (C=O) groups excluding carboxylic acids is 2. The molecule has 0 saturated carbocycles. The van der Waals surface area contributed by atoms with Gasteiger partial charge in [-0.2, -0.15) is 0 Å². The predicted octanol–water partition coefficient (Wildman–Crippen LogP) is 2.20. The van der Waals surface area contributed by atoms with Gasteiger partial charge >= 0.3 is 0 Å². The summed E-state index contributed by atoms with van der Waals surface area (Å²) < 4.78 is 0. The Bertz CT molecular complexity index is 548. The van der Waals surface area contributed by atoms with Crippen LogP contribution in [0.1, 0.15) is 44.2 Å². The first kappa shape index (κ1) is 18.5. The molecule has 132 valence electrons. The van der Waals surface area contributed by atoms with E-state index in [2.05, 4.69) is 46.9 Å². The van der Waals surface area contributed by atoms with E-state index in [4.69, 9.17) is 0 Å². The molecule has 0 bridgehead atoms. The molecule has 2 N–H and O–H groups in total. The van der Waals surface area contributed by atoms with Crippen LogP contribution in [0.25, 0.3) is 0 Å². The Kier molecular flexibility index (Phi) is 6.79. The first-order chi connectivity index (χ1) is 11.5. The van der Waals surface area contributed by atoms with Crippen LogP contribution >= 0.6 is 0 Å². The first-order valence-electron chi connectivity index (χ1n) is 8.81. The standard InChI is InChI=1S/C19H29N3O2/c1-14-4-6-17(7-5-14)8-9-18-10-12-22(13-11-18)15(2)19(24)21-20-16(3)23/h4-7,15,18H,8-13H2,1-3H3,(H,20,23)(H,21,24)/t15-/m0/s1. The van der Waals surface area contributed by atoms with Crippen molar-refractivity contribution in [3.63, 3.8) is 0 Å². The van der Waals surface area contributed by atoms with Gasteiger partial charge in [-0.05, 0) is 64.1 Å². The smallest absolute Gasteiger partial charge is 0.255 e. The van der Waals surface area contributed by atoms with Crippen molar-refractivity contribution in [1.82, 2.24) is 15.8 Å². The summed E-state index contributed by atoms with van der Waals surface area (Å²) in [4.78, 5) is 25.1. The average Bonchev–Trinajstić information content (AvgIpc) is 2.59. The van der Waals surface area contributed by atoms with Gasteiger partial charge in [0.25, 0.3) is 5.91 Å². The predicted molar refractivity (Wildman–Crippen MR) is 95.2 cm³/mol. The number of hydrogen-bond donors (Lipinski definition) is 2. The molecule has 0 aromatic heterocycles. The molecule has 5 heteroatoms. The van der Waals surface area contributed by atoms with Crippen molar-refractivity contribution in [2.24, 2.45) is 5.92 Å². The van der Waals surface area contributed by atoms with Gasteiger partial charge in [-0.25, -0.2) is 0 Å². The Morgan fingerprint density at radius 2 is 1.79 bits per heavy atom. The second-order valence-electron chi connectivity index (χ2n) is 6.85. The lowest BCUT2D eigenvalue weighted by Gasteiger charge is -2.35. The number of nitrogens with zero attached hydrogens (tertiary/aromatic N) is 1. The van der Waals surface area contributed by atoms with Gasteiger partial charge in [-0.1, -0.05) is 29.8 Å². The van der Waals surface area contributed by atoms with E-state index in [-0.39, 0.29) is 17.9 Å². The number of hydrazine groups is 1. The zero-order valence-electron chi connectivity index (χ0n) is 15.0. The maximum absolute atomic E-state index is 12.0. The van der Waals surface area contributed by atoms with Crippen LogP contribution in [0.3, 0.4) is 0 Å². The van der Waals surface area contributed by atoms with Crippen LogP contribution in [0.15, 0.2) is 24.3 Å². The summed E-state index contributed by atoms with van der Waals surface area (Å²) in [5.41, 5.74) is 7.53. The van der Waals surface area contributed by atoms with E-state index in [1.165, 1.54) is 24.5 Å². The fourth-order valence-corrected chi connectivity index (χ4v) is 3.17. The van der Waals surface area contributed by atoms with Crippen molar-refractivity contribution in [3.05, 3.63) is 35.4 Å². The van der Waals surface area contributed by atoms with Crippen LogP contribution in [0.4, 0.5) is 0 Å². The van der Waals surface area contributed by atoms with Gasteiger partial charge in [0.15, 0.2) is 0 Å². The molecule has 0 radical (unpaired) electrons. The van der Waals surface area contributed by atoms with Crippen molar-refractivity contribution in [2.75, 3.05) is 13.1 Å². The molecule has 0 spiro atoms. The highest BCUT2D eigenvalue weighted by molar-refractivity contribution is 5.84. The summed E-state index contributed by atoms with van der Waals surface area (Å²) in [6.45, 7) is 7.26. The van der Waals surface area contributed by atoms with Gasteiger partial charge in [-0.3, -0.25) is 25.3 Å². The molecule has 1 heterocycles. The average molecular weight is 331 g/mol. The number of likely N-dealkylation sites (tertiary alicyclic amines) is 1. The highest BCUT2D eigenvalue weighted by atomic mass is 16.2. The SMILES string of the molecule is CC(=O)NNC(=O)[C@H](C)N1CCC(CCc2ccc(C)cc2)CC1. The quantitative estimate of drug-likeness (QED) is 0.813. The summed E-state index contributed by atoms with van der Waals surface area (Å²) in [6, 6.07) is 8.58. The molecule has 1 aliphatic heterocycles. The number of piperidine rings is 1. The Balaban J connectivity index is 1.71. The lowest BCUT2D eigenvalue weighted by molar-refractivity contribution is -0.131. The number of rotatable bonds is 5. The minimum Gasteiger partial charge on any atom is -0.292 e. The molecule has 0 unspecified atom stereocenters. The molecule has 1 saturated heterocycles. The van der Waals surface area contributed by atoms with E-state index < -0.39 is 0 Å². The summed E-state index contributed by atoms with van der Waals surface area (Å²) >= 11 is 0. The third kappa shape index (κ3) is 5.64. The molecule has 1 fully saturated rings. The van der Waals surface area contributed by atoms with Crippen LogP contribution in [0.5, 0.6) is 0 Å². The van der Waals surface area contributed by atoms with Crippen LogP contribution in [0, 0.1) is 12.8 Å². The molecule has 0 aliphatic carbocycles. The number of benzene rings is 1. The van der Waals surface area contributed by atoms with Gasteiger partial charge < -0.3 is 0 Å². The second kappa shape index (κ2) is 8.83. The number of nitrogens with one attached hydrogen (secondary N) is 2. The molecule has 2 amide bonds. The van der Waals surface area contributed by atoms with E-state index in [1.807, 2.05) is 6.92 Å². The third-order valence-electron chi connectivity index (χ3n) is 4.90. The van der Waals surface area contributed by atoms with E-state index in [0.29, 0.717) is 0 Å². The van der Waals surface area contributed by atoms with Crippen molar-refractivity contribution in [1.29, 1.82) is 0 Å². The fraction of sp³-hybridized carbons (Fsp3) is 0.579. The molecule has 24 heavy (non-hydrogen) atoms. The highest BCUT2D eigenvalue weighted by Gasteiger charge is 2.26. The fourth-order valence-electron chi connectivity index (χ4n) is 3.17. The van der Waals surface area contributed by atoms with Crippen LogP contribution in [0.2, 0.25) is 0 Å². The van der Waals surface area contributed by atoms with Gasteiger partial charge in [0.05, 0.1) is 6.04 Å². The maximum atomic E-state index is 12.0. The molecule has 1 atom stereocenters. The normalized spacial score (nSPS) is 17.3. The van der Waals surface area contributed by atoms with Gasteiger partial charge in [0.2, 0.25) is 5.91 Å². The van der Waals surface area contributed by atoms with Crippen molar-refractivity contribution in [3.8, 4) is 0 Å². The lowest BCUT2D eigenvalue weighted by atomic mass is 9.90. The minimum absolute atomic E-state index is 0.150. The van der Waals surface area contributed by atoms with Gasteiger partial charge in [-0.15, -0.1) is 0 Å². The number of amides is 2. The maximum Gasteiger partial charge on any atom is 0.255 e. The first-order valence-corrected chi connectivity index (χ1v) is 8.81. The third-order valence-corrected chi connectivity index (χ3v) is 4.90. The zero-order chi connectivity index (χ0) is 17.5. The Labute approximate surface area is 144 Å². The lowest BCUT2D eigenvalue weighted by Crippen LogP contribution is -2.52. The van der Waals surface area contributed by atoms with Crippen LogP contribution in [-0.2, 0) is 16.0 Å². The van der Waals surface area contributed by atoms with Gasteiger partial charge in [0, 0.05) is 6.92 Å². The topological polar surface area (TPSA) is 61.4 Å². The Hall–Kier alpha value is -1.88. The van der Waals surface area contributed by atoms with E-state index in [0.717, 1.165) is 38.3 Å². The molecule has 1 aromatic rings. The van der Waals surface area contributed by atoms with Crippen molar-refractivity contribution >= 4 is 11.8 Å². The Morgan fingerprint density at radius 1 is 1.17 bits per heavy atom. The number of carbonyl (C=O) groups is 2. The minimum atomic E-state index is -0.259. The summed E-state index contributed by atoms with van der Waals surface area (Å²) in [6.07, 6.45) is 4.60. The number of hydrogen-bond acceptors (Lipinski definition) is 3. The summed E-state index contributed by atoms with van der Waals surface area (Å²) in [5.74, 6) is 0.321. The Morgan fingerprint density at radius 3 is 2.38 bits per heavy atom. The molecule has 5 nitrogen and oxygen atoms in total. The monoisotopic (exact) mass is 331 g/mol. The van der Waals surface area contributed by atoms with Crippen molar-refractivity contribution < 1.29 is 9.59 Å². The van der Waals surface area contributed by atoms with E-state index in [1.54, 1.807) is 0 Å². The largest absolute Gasteiger partial charge is 0.292 e. The number of aryl methyl sites for hydroxylation is 2. The van der Waals surface area contributed by atoms with Crippen LogP contribution < -0.4 is 10.9 Å². The summed E-state index contributed by atoms with van der Waals surface area (Å²) in [7, 11) is 0. The van der Waals surface area contributed by atoms with E-state index >= 15 is 0 Å². The van der Waals surface area contributed by atoms with Crippen molar-refractivity contribution in [2.45, 2.75) is 52.5 Å². The molecular formula is C19H29N3O2. The van der Waals surface area contributed by atoms with Crippen LogP contribution in [-0.4, -0.2) is 35.8 Å². The molecule has 1 aromatic carbocycles. The zero-order valence-corrected chi connectivity index (χ0v) is 15.0. The van der Waals surface area contributed by atoms with Gasteiger partial charge in [0.1, 0.15) is 0 Å². The second-order valence-corrected chi connectivity index (χ2v) is 6.85.